The van der Waals surface area contributed by atoms with Crippen molar-refractivity contribution in [2.24, 2.45) is 16.8 Å². The van der Waals surface area contributed by atoms with Crippen LogP contribution in [0.4, 0.5) is 43.9 Å². The van der Waals surface area contributed by atoms with Gasteiger partial charge in [0.2, 0.25) is 11.8 Å². The Labute approximate surface area is 568 Å². The lowest BCUT2D eigenvalue weighted by Gasteiger charge is -2.35. The van der Waals surface area contributed by atoms with Gasteiger partial charge in [-0.2, -0.15) is 31.4 Å². The van der Waals surface area contributed by atoms with E-state index in [9.17, 15) is 49.3 Å². The molecule has 1 N–H and O–H groups in total. The van der Waals surface area contributed by atoms with E-state index in [0.717, 1.165) is 30.5 Å². The lowest BCUT2D eigenvalue weighted by atomic mass is 9.77. The van der Waals surface area contributed by atoms with E-state index in [-0.39, 0.29) is 50.0 Å². The van der Waals surface area contributed by atoms with Crippen LogP contribution in [0.2, 0.25) is 5.02 Å². The quantitative estimate of drug-likeness (QED) is 0.0236. The maximum atomic E-state index is 15.9. The number of pyridine rings is 1. The fraction of sp³-hybridized carbons (Fsp3) is 0.515. The number of hydrogen-bond acceptors (Lipinski definition) is 15. The van der Waals surface area contributed by atoms with Crippen LogP contribution in [-0.4, -0.2) is 112 Å². The summed E-state index contributed by atoms with van der Waals surface area (Å²) in [5.74, 6) is -7.09. The number of phosphoric ester groups is 1. The number of hydrogen-bond donors (Lipinski definition) is 1. The van der Waals surface area contributed by atoms with Crippen molar-refractivity contribution < 1.29 is 98.3 Å². The highest BCUT2D eigenvalue weighted by Crippen LogP contribution is 2.66. The number of benzene rings is 3. The number of amides is 2. The molecule has 0 spiro atoms. The summed E-state index contributed by atoms with van der Waals surface area (Å²) < 4.78 is 241. The highest BCUT2D eigenvalue weighted by Gasteiger charge is 2.70. The van der Waals surface area contributed by atoms with Crippen LogP contribution in [0.5, 0.6) is 5.75 Å². The van der Waals surface area contributed by atoms with E-state index in [4.69, 9.17) is 29.9 Å². The van der Waals surface area contributed by atoms with Gasteiger partial charge in [-0.25, -0.2) is 35.5 Å². The lowest BCUT2D eigenvalue weighted by Crippen LogP contribution is -2.37. The Morgan fingerprint density at radius 2 is 1.49 bits per heavy atom. The number of allylic oxidation sites excluding steroid dienone is 1. The van der Waals surface area contributed by atoms with Crippen molar-refractivity contribution in [2.45, 2.75) is 199 Å². The Kier molecular flexibility index (Phi) is 21.2. The third-order valence-electron chi connectivity index (χ3n) is 15.8. The summed E-state index contributed by atoms with van der Waals surface area (Å²) in [7, 11) is -8.65. The number of carbonyl (C=O) groups is 3. The van der Waals surface area contributed by atoms with Crippen LogP contribution in [0.25, 0.3) is 22.0 Å². The zero-order chi connectivity index (χ0) is 73.6. The number of rotatable bonds is 21. The summed E-state index contributed by atoms with van der Waals surface area (Å²) in [5, 5.41) is 5.92. The molecule has 2 aromatic heterocycles. The van der Waals surface area contributed by atoms with Gasteiger partial charge >= 0.3 is 26.1 Å². The molecule has 2 aliphatic carbocycles. The fourth-order valence-electron chi connectivity index (χ4n) is 11.9. The van der Waals surface area contributed by atoms with Crippen molar-refractivity contribution >= 4 is 74.9 Å². The number of aliphatic imine (C=N–C) groups is 1. The smallest absolute Gasteiger partial charge is 0.531 e. The number of esters is 1. The van der Waals surface area contributed by atoms with E-state index in [0.29, 0.717) is 16.3 Å². The zero-order valence-electron chi connectivity index (χ0n) is 56.0. The number of nitrogens with zero attached hydrogens (tertiary/aromatic N) is 5. The summed E-state index contributed by atoms with van der Waals surface area (Å²) in [6.45, 7) is 18.3. The molecule has 32 heteroatoms. The van der Waals surface area contributed by atoms with Crippen LogP contribution in [0.15, 0.2) is 70.7 Å². The van der Waals surface area contributed by atoms with E-state index in [1.165, 1.54) is 45.9 Å². The minimum absolute atomic E-state index is 0.0279. The third kappa shape index (κ3) is 18.1. The molecule has 98 heavy (non-hydrogen) atoms. The Hall–Kier alpha value is -6.74. The van der Waals surface area contributed by atoms with Crippen LogP contribution in [0, 0.1) is 42.2 Å². The molecular weight excluding hydrogens is 1390 g/mol. The number of phosphoric acid groups is 1. The van der Waals surface area contributed by atoms with Crippen LogP contribution in [0.1, 0.15) is 155 Å². The number of halogens is 11. The molecule has 3 aromatic carbocycles. The predicted molar refractivity (Wildman–Crippen MR) is 344 cm³/mol. The summed E-state index contributed by atoms with van der Waals surface area (Å²) in [6.07, 6.45) is -13.0. The van der Waals surface area contributed by atoms with Gasteiger partial charge in [0.15, 0.2) is 9.84 Å². The van der Waals surface area contributed by atoms with Crippen LogP contribution in [0.3, 0.4) is 0 Å². The molecule has 5 atom stereocenters. The second-order valence-corrected chi connectivity index (χ2v) is 33.9. The van der Waals surface area contributed by atoms with Gasteiger partial charge in [0.1, 0.15) is 45.7 Å². The molecule has 2 amide bonds. The zero-order valence-corrected chi connectivity index (χ0v) is 59.3. The van der Waals surface area contributed by atoms with Gasteiger partial charge in [-0.3, -0.25) is 41.6 Å². The van der Waals surface area contributed by atoms with Gasteiger partial charge in [0.05, 0.1) is 75.9 Å². The first-order valence-corrected chi connectivity index (χ1v) is 35.3. The molecule has 1 saturated carbocycles. The predicted octanol–water partition coefficient (Wildman–Crippen LogP) is 14.3. The maximum absolute atomic E-state index is 15.9. The Balaban J connectivity index is 1.29. The molecule has 2 unspecified atom stereocenters. The highest BCUT2D eigenvalue weighted by molar-refractivity contribution is 7.92. The van der Waals surface area contributed by atoms with Gasteiger partial charge in [-0.05, 0) is 166 Å². The second-order valence-electron chi connectivity index (χ2n) is 28.6. The summed E-state index contributed by atoms with van der Waals surface area (Å²) in [6, 6.07) is 5.89. The summed E-state index contributed by atoms with van der Waals surface area (Å²) >= 11 is 3.30. The standard InChI is InChI=1S/C66H74ClF10N6O12PS2/c1-34-22-36(27-51(86)92-59(2,3)4)54(48(23-34)93-96(87,94-60(5,6)7)95-61(8,9)10)62(11,12)31-50(85)83(97(88)89)32-47-53-44(67)19-18-41(57(53)82(81-47)33-64(70,71)72)40-17-16-39(20-21-63(13,14)98(15,90)91)78-56(40)46(26-35-24-37(68)28-38(69)25-35)79-49(84)30-45-55-52(58(80-45)66(75,76)77)42-29-43(42)65(55,73)74/h16-19,22-25,28,42-43,45-46H,26-27,29-33H2,1-15H3,(H,79,84)(H,88,89)/p-1/t42-,43+,45?,46-/m0/s1. The monoisotopic (exact) mass is 1460 g/mol. The molecule has 0 bridgehead atoms. The van der Waals surface area contributed by atoms with Crippen molar-refractivity contribution in [3.05, 3.63) is 122 Å². The number of aryl methyl sites for hydroxylation is 1. The largest absolute Gasteiger partial charge is 0.755 e. The van der Waals surface area contributed by atoms with Crippen LogP contribution < -0.4 is 9.84 Å². The molecule has 3 aliphatic rings. The van der Waals surface area contributed by atoms with Gasteiger partial charge in [-0.1, -0.05) is 43.5 Å². The van der Waals surface area contributed by atoms with Gasteiger partial charge < -0.3 is 19.1 Å². The number of ether oxygens (including phenoxy) is 1. The number of sulfone groups is 1. The van der Waals surface area contributed by atoms with E-state index in [1.807, 2.05) is 0 Å². The average Bonchev–Trinajstić information content (AvgIpc) is 1.52. The highest BCUT2D eigenvalue weighted by atomic mass is 35.5. The molecule has 0 radical (unpaired) electrons. The Bertz CT molecular complexity index is 4330. The topological polar surface area (TPSA) is 238 Å². The van der Waals surface area contributed by atoms with Gasteiger partial charge in [0, 0.05) is 57.7 Å². The molecule has 3 heterocycles. The average molecular weight is 1460 g/mol. The molecule has 0 saturated heterocycles. The van der Waals surface area contributed by atoms with Crippen LogP contribution >= 0.6 is 19.4 Å². The SMILES string of the molecule is Cc1cc(CC(=O)OC(C)(C)C)c(C(C)(C)CC(=O)N(Cc2nn(CC(F)(F)F)c3c(-c4ccc(C#CC(C)(C)S(C)(=O)=O)nc4[C@H](Cc4cc(F)cc(F)c4)NC(=O)CC4N=C(C(F)(F)F)C5=C4C(F)(F)[C@@H]4C[C@H]54)ccc(Cl)c23)S(=O)[O-])c(OP(=O)(OC(C)(C)C)OC(C)(C)C)c1. The molecule has 18 nitrogen and oxygen atoms in total. The van der Waals surface area contributed by atoms with E-state index < -0.39 is 210 Å². The molecular formula is C66H73ClF10N6O12PS2-. The Morgan fingerprint density at radius 1 is 0.888 bits per heavy atom. The normalized spacial score (nSPS) is 18.2. The second kappa shape index (κ2) is 27.0. The minimum atomic E-state index is -5.22. The van der Waals surface area contributed by atoms with Crippen LogP contribution in [-0.2, 0) is 85.2 Å². The van der Waals surface area contributed by atoms with Gasteiger partial charge in [0.25, 0.3) is 5.92 Å². The molecule has 1 fully saturated rings. The van der Waals surface area contributed by atoms with Gasteiger partial charge in [-0.15, -0.1) is 0 Å². The third-order valence-corrected chi connectivity index (χ3v) is 20.7. The van der Waals surface area contributed by atoms with Crippen molar-refractivity contribution in [1.82, 2.24) is 24.4 Å². The molecule has 1 aliphatic heterocycles. The molecule has 8 rings (SSSR count). The van der Waals surface area contributed by atoms with E-state index in [1.54, 1.807) is 75.3 Å². The van der Waals surface area contributed by atoms with E-state index >= 15 is 30.7 Å². The molecule has 534 valence electrons. The number of nitrogens with one attached hydrogen (secondary N) is 1. The van der Waals surface area contributed by atoms with Crippen molar-refractivity contribution in [3.63, 3.8) is 0 Å². The number of carbonyl (C=O) groups excluding carboxylic acids is 3. The molecule has 5 aromatic rings. The Morgan fingerprint density at radius 3 is 2.04 bits per heavy atom. The number of alkyl halides is 8. The lowest BCUT2D eigenvalue weighted by molar-refractivity contribution is -0.154. The summed E-state index contributed by atoms with van der Waals surface area (Å²) in [4.78, 5) is 51.3. The fourth-order valence-corrected chi connectivity index (χ4v) is 14.7. The summed E-state index contributed by atoms with van der Waals surface area (Å²) in [5.41, 5.74) is -10.4. The van der Waals surface area contributed by atoms with Crippen molar-refractivity contribution in [1.29, 1.82) is 0 Å². The number of fused-ring (bicyclic) bond motifs is 3. The van der Waals surface area contributed by atoms with Crippen molar-refractivity contribution in [3.8, 4) is 28.7 Å². The van der Waals surface area contributed by atoms with E-state index in [2.05, 4.69) is 32.2 Å². The first kappa shape index (κ1) is 77.0. The maximum Gasteiger partial charge on any atom is 0.531 e. The first-order chi connectivity index (χ1) is 44.6. The first-order valence-electron chi connectivity index (χ1n) is 30.5. The number of aromatic nitrogens is 3. The van der Waals surface area contributed by atoms with Crippen molar-refractivity contribution in [2.75, 3.05) is 6.26 Å². The minimum Gasteiger partial charge on any atom is -0.755 e.